The Balaban J connectivity index is 1.49. The predicted octanol–water partition coefficient (Wildman–Crippen LogP) is 2.31. The SMILES string of the molecule is C=C1[C@H]2C(=O)[C@@H]3[C@H]4N(C)[C@H]5C[C@]3([C@@H]1OC(C)=O)[C@@H]([C@@H]2OC(C)=O)[C@@]41[C@H](OC(C)=O)[C@@H](OC(=O)c2ccccc2)C[C@@](C)(C=O)[C@H]51. The molecular formula is C34H37NO10. The average Bonchev–Trinajstić information content (AvgIpc) is 3.23. The number of hydrogen-bond acceptors (Lipinski definition) is 11. The summed E-state index contributed by atoms with van der Waals surface area (Å²) in [6, 6.07) is 7.52. The second kappa shape index (κ2) is 9.57. The normalized spacial score (nSPS) is 45.1. The number of carbonyl (C=O) groups is 6. The molecule has 6 aliphatic carbocycles. The number of carbonyl (C=O) groups excluding carboxylic acids is 6. The molecule has 1 aromatic carbocycles. The molecule has 0 unspecified atom stereocenters. The lowest BCUT2D eigenvalue weighted by Crippen LogP contribution is -2.76. The van der Waals surface area contributed by atoms with Gasteiger partial charge in [0, 0.05) is 67.4 Å². The number of Topliss-reactive ketones (excluding diaryl/α,β-unsaturated/α-hetero) is 1. The summed E-state index contributed by atoms with van der Waals surface area (Å²) < 4.78 is 24.5. The van der Waals surface area contributed by atoms with Crippen LogP contribution in [0.1, 0.15) is 50.9 Å². The molecule has 11 heteroatoms. The largest absolute Gasteiger partial charge is 0.461 e. The number of rotatable bonds is 6. The first-order valence-electron chi connectivity index (χ1n) is 15.4. The molecule has 8 aliphatic rings. The van der Waals surface area contributed by atoms with Crippen molar-refractivity contribution in [1.82, 2.24) is 4.90 Å². The molecule has 2 spiro atoms. The molecule has 0 radical (unpaired) electrons. The van der Waals surface area contributed by atoms with Crippen molar-refractivity contribution in [1.29, 1.82) is 0 Å². The average molecular weight is 620 g/mol. The van der Waals surface area contributed by atoms with Crippen molar-refractivity contribution in [3.63, 3.8) is 0 Å². The summed E-state index contributed by atoms with van der Waals surface area (Å²) in [4.78, 5) is 81.7. The highest BCUT2D eigenvalue weighted by molar-refractivity contribution is 5.94. The molecule has 45 heavy (non-hydrogen) atoms. The van der Waals surface area contributed by atoms with Crippen LogP contribution in [0.4, 0.5) is 0 Å². The molecule has 0 amide bonds. The number of fused-ring (bicyclic) bond motifs is 1. The molecule has 9 rings (SSSR count). The first kappa shape index (κ1) is 29.8. The van der Waals surface area contributed by atoms with Gasteiger partial charge in [0.05, 0.1) is 11.5 Å². The van der Waals surface area contributed by atoms with Crippen molar-refractivity contribution in [2.24, 2.45) is 39.9 Å². The van der Waals surface area contributed by atoms with Gasteiger partial charge < -0.3 is 23.7 Å². The number of ether oxygens (including phenoxy) is 4. The van der Waals surface area contributed by atoms with Gasteiger partial charge in [-0.1, -0.05) is 31.7 Å². The minimum Gasteiger partial charge on any atom is -0.461 e. The van der Waals surface area contributed by atoms with E-state index in [0.717, 1.165) is 6.29 Å². The third kappa shape index (κ3) is 3.50. The van der Waals surface area contributed by atoms with Gasteiger partial charge in [-0.25, -0.2) is 4.79 Å². The van der Waals surface area contributed by atoms with Crippen molar-refractivity contribution in [2.45, 2.75) is 77.0 Å². The Labute approximate surface area is 260 Å². The first-order chi connectivity index (χ1) is 21.2. The summed E-state index contributed by atoms with van der Waals surface area (Å²) in [5.74, 6) is -5.39. The molecule has 13 atom stereocenters. The van der Waals surface area contributed by atoms with Gasteiger partial charge in [0.15, 0.2) is 0 Å². The highest BCUT2D eigenvalue weighted by atomic mass is 16.6. The van der Waals surface area contributed by atoms with Crippen molar-refractivity contribution in [3.05, 3.63) is 48.0 Å². The second-order valence-electron chi connectivity index (χ2n) is 14.1. The molecule has 238 valence electrons. The molecule has 2 heterocycles. The van der Waals surface area contributed by atoms with Gasteiger partial charge in [0.1, 0.15) is 36.5 Å². The van der Waals surface area contributed by atoms with Crippen LogP contribution < -0.4 is 0 Å². The van der Waals surface area contributed by atoms with Gasteiger partial charge in [-0.05, 0) is 37.1 Å². The quantitative estimate of drug-likeness (QED) is 0.200. The lowest BCUT2D eigenvalue weighted by Gasteiger charge is -2.68. The maximum atomic E-state index is 14.6. The fraction of sp³-hybridized carbons (Fsp3) is 0.588. The van der Waals surface area contributed by atoms with Crippen molar-refractivity contribution >= 4 is 35.9 Å². The van der Waals surface area contributed by atoms with Crippen LogP contribution in [0.15, 0.2) is 42.5 Å². The highest BCUT2D eigenvalue weighted by Gasteiger charge is 2.93. The Hall–Kier alpha value is -3.86. The number of aldehydes is 1. The minimum atomic E-state index is -1.19. The number of ketones is 1. The van der Waals surface area contributed by atoms with Crippen LogP contribution in [0.2, 0.25) is 0 Å². The summed E-state index contributed by atoms with van der Waals surface area (Å²) >= 11 is 0. The van der Waals surface area contributed by atoms with E-state index in [1.54, 1.807) is 30.3 Å². The monoisotopic (exact) mass is 619 g/mol. The van der Waals surface area contributed by atoms with E-state index in [0.29, 0.717) is 12.0 Å². The maximum absolute atomic E-state index is 14.6. The van der Waals surface area contributed by atoms with E-state index in [-0.39, 0.29) is 23.8 Å². The van der Waals surface area contributed by atoms with Crippen molar-refractivity contribution in [3.8, 4) is 0 Å². The fourth-order valence-corrected chi connectivity index (χ4v) is 11.5. The van der Waals surface area contributed by atoms with E-state index < -0.39 is 94.3 Å². The summed E-state index contributed by atoms with van der Waals surface area (Å²) in [7, 11) is 1.90. The molecule has 7 bridgehead atoms. The summed E-state index contributed by atoms with van der Waals surface area (Å²) in [5, 5.41) is 0. The second-order valence-corrected chi connectivity index (χ2v) is 14.1. The molecule has 0 N–H and O–H groups in total. The molecule has 8 fully saturated rings. The number of nitrogens with zero attached hydrogens (tertiary/aromatic N) is 1. The van der Waals surface area contributed by atoms with E-state index in [2.05, 4.69) is 11.5 Å². The number of benzene rings is 1. The summed E-state index contributed by atoms with van der Waals surface area (Å²) in [5.41, 5.74) is -2.64. The Kier molecular flexibility index (Phi) is 6.35. The van der Waals surface area contributed by atoms with Gasteiger partial charge >= 0.3 is 23.9 Å². The van der Waals surface area contributed by atoms with Gasteiger partial charge in [0.2, 0.25) is 0 Å². The summed E-state index contributed by atoms with van der Waals surface area (Å²) in [6.07, 6.45) is -2.69. The maximum Gasteiger partial charge on any atom is 0.338 e. The van der Waals surface area contributed by atoms with E-state index in [1.807, 2.05) is 14.0 Å². The lowest BCUT2D eigenvalue weighted by atomic mass is 9.38. The molecule has 11 nitrogen and oxygen atoms in total. The zero-order valence-corrected chi connectivity index (χ0v) is 25.9. The van der Waals surface area contributed by atoms with E-state index >= 15 is 0 Å². The summed E-state index contributed by atoms with van der Waals surface area (Å²) in [6.45, 7) is 9.89. The van der Waals surface area contributed by atoms with Crippen LogP contribution in [-0.4, -0.2) is 84.4 Å². The third-order valence-electron chi connectivity index (χ3n) is 12.1. The van der Waals surface area contributed by atoms with Gasteiger partial charge in [0.25, 0.3) is 0 Å². The Morgan fingerprint density at radius 2 is 1.58 bits per heavy atom. The highest BCUT2D eigenvalue weighted by Crippen LogP contribution is 2.84. The first-order valence-corrected chi connectivity index (χ1v) is 15.4. The number of hydrogen-bond donors (Lipinski definition) is 0. The van der Waals surface area contributed by atoms with E-state index in [9.17, 15) is 28.8 Å². The molecule has 2 saturated heterocycles. The zero-order chi connectivity index (χ0) is 32.4. The standard InChI is InChI=1S/C34H37NO10/c1-15-22-24(40)23-28-34-26(20(35(28)6)12-33(23,29(15)43-17(3)38)27(34)25(22)42-16(2)37)32(5,14-36)13-21(30(34)44-18(4)39)45-31(41)19-10-8-7-9-11-19/h7-11,14,20-23,25-30H,1,12-13H2,2-6H3/t20-,21-,22-,23+,25+,26-,27+,28+,29+,30+,32-,33+,34+/m0/s1. The Morgan fingerprint density at radius 3 is 2.18 bits per heavy atom. The van der Waals surface area contributed by atoms with Crippen molar-refractivity contribution < 1.29 is 47.7 Å². The van der Waals surface area contributed by atoms with Gasteiger partial charge in [-0.2, -0.15) is 0 Å². The molecule has 0 aromatic heterocycles. The Bertz CT molecular complexity index is 1560. The fourth-order valence-electron chi connectivity index (χ4n) is 11.5. The van der Waals surface area contributed by atoms with Crippen LogP contribution in [0, 0.1) is 39.9 Å². The molecular weight excluding hydrogens is 582 g/mol. The van der Waals surface area contributed by atoms with E-state index in [4.69, 9.17) is 18.9 Å². The molecule has 1 aromatic rings. The molecule has 6 saturated carbocycles. The zero-order valence-electron chi connectivity index (χ0n) is 25.9. The lowest BCUT2D eigenvalue weighted by molar-refractivity contribution is -0.260. The third-order valence-corrected chi connectivity index (χ3v) is 12.1. The van der Waals surface area contributed by atoms with Crippen LogP contribution >= 0.6 is 0 Å². The predicted molar refractivity (Wildman–Crippen MR) is 154 cm³/mol. The Morgan fingerprint density at radius 1 is 0.933 bits per heavy atom. The van der Waals surface area contributed by atoms with Gasteiger partial charge in [-0.15, -0.1) is 0 Å². The van der Waals surface area contributed by atoms with Crippen LogP contribution in [-0.2, 0) is 42.9 Å². The smallest absolute Gasteiger partial charge is 0.338 e. The topological polar surface area (TPSA) is 143 Å². The van der Waals surface area contributed by atoms with E-state index in [1.165, 1.54) is 20.8 Å². The van der Waals surface area contributed by atoms with Crippen LogP contribution in [0.3, 0.4) is 0 Å². The van der Waals surface area contributed by atoms with Crippen LogP contribution in [0.25, 0.3) is 0 Å². The molecule has 2 aliphatic heterocycles. The van der Waals surface area contributed by atoms with Crippen molar-refractivity contribution in [2.75, 3.05) is 7.05 Å². The van der Waals surface area contributed by atoms with Crippen LogP contribution in [0.5, 0.6) is 0 Å². The number of esters is 4. The number of piperidine rings is 1. The minimum absolute atomic E-state index is 0.0799. The van der Waals surface area contributed by atoms with Gasteiger partial charge in [-0.3, -0.25) is 24.1 Å².